The molecule has 1 N–H and O–H groups in total. The molecule has 0 aromatic heterocycles. The molecule has 1 fully saturated rings. The lowest BCUT2D eigenvalue weighted by atomic mass is 9.95. The van der Waals surface area contributed by atoms with E-state index in [1.165, 1.54) is 18.5 Å². The Balaban J connectivity index is 1.87. The molecular formula is C18H30N2O. The minimum atomic E-state index is 0.628. The van der Waals surface area contributed by atoms with Gasteiger partial charge in [0.2, 0.25) is 0 Å². The number of hydrogen-bond donors (Lipinski definition) is 1. The number of hydrogen-bond acceptors (Lipinski definition) is 3. The normalized spacial score (nSPS) is 24.8. The molecule has 1 aliphatic rings. The first-order valence-corrected chi connectivity index (χ1v) is 8.24. The maximum atomic E-state index is 5.21. The zero-order valence-corrected chi connectivity index (χ0v) is 13.9. The summed E-state index contributed by atoms with van der Waals surface area (Å²) in [6.07, 6.45) is 2.36. The van der Waals surface area contributed by atoms with E-state index >= 15 is 0 Å². The van der Waals surface area contributed by atoms with E-state index in [0.29, 0.717) is 12.1 Å². The van der Waals surface area contributed by atoms with Crippen LogP contribution in [0.2, 0.25) is 0 Å². The number of benzene rings is 1. The number of rotatable bonds is 6. The Morgan fingerprint density at radius 2 is 2.05 bits per heavy atom. The topological polar surface area (TPSA) is 24.5 Å². The molecule has 1 aromatic carbocycles. The molecule has 1 saturated heterocycles. The average Bonchev–Trinajstić information content (AvgIpc) is 2.53. The summed E-state index contributed by atoms with van der Waals surface area (Å²) in [4.78, 5) is 2.64. The summed E-state index contributed by atoms with van der Waals surface area (Å²) < 4.78 is 5.21. The fourth-order valence-corrected chi connectivity index (χ4v) is 2.99. The predicted octanol–water partition coefficient (Wildman–Crippen LogP) is 2.95. The molecule has 0 spiro atoms. The highest BCUT2D eigenvalue weighted by Crippen LogP contribution is 2.17. The zero-order chi connectivity index (χ0) is 15.2. The van der Waals surface area contributed by atoms with Gasteiger partial charge in [0.1, 0.15) is 5.75 Å². The second-order valence-corrected chi connectivity index (χ2v) is 6.34. The van der Waals surface area contributed by atoms with Crippen molar-refractivity contribution in [2.75, 3.05) is 26.7 Å². The predicted molar refractivity (Wildman–Crippen MR) is 89.0 cm³/mol. The second kappa shape index (κ2) is 7.81. The van der Waals surface area contributed by atoms with Gasteiger partial charge in [0.15, 0.2) is 0 Å². The quantitative estimate of drug-likeness (QED) is 0.872. The summed E-state index contributed by atoms with van der Waals surface area (Å²) in [5.74, 6) is 1.69. The highest BCUT2D eigenvalue weighted by molar-refractivity contribution is 5.27. The van der Waals surface area contributed by atoms with E-state index in [0.717, 1.165) is 31.2 Å². The molecule has 0 aliphatic carbocycles. The van der Waals surface area contributed by atoms with Crippen molar-refractivity contribution in [2.24, 2.45) is 5.92 Å². The van der Waals surface area contributed by atoms with Crippen molar-refractivity contribution in [3.05, 3.63) is 29.8 Å². The van der Waals surface area contributed by atoms with Gasteiger partial charge in [-0.3, -0.25) is 4.90 Å². The van der Waals surface area contributed by atoms with Crippen molar-refractivity contribution in [1.29, 1.82) is 0 Å². The highest BCUT2D eigenvalue weighted by atomic mass is 16.5. The van der Waals surface area contributed by atoms with Gasteiger partial charge in [-0.25, -0.2) is 0 Å². The van der Waals surface area contributed by atoms with Gasteiger partial charge in [0.25, 0.3) is 0 Å². The summed E-state index contributed by atoms with van der Waals surface area (Å²) in [5.41, 5.74) is 1.39. The third-order valence-corrected chi connectivity index (χ3v) is 4.91. The molecule has 0 bridgehead atoms. The van der Waals surface area contributed by atoms with Crippen LogP contribution in [0.15, 0.2) is 24.3 Å². The van der Waals surface area contributed by atoms with Crippen LogP contribution in [-0.2, 0) is 6.42 Å². The molecule has 0 radical (unpaired) electrons. The van der Waals surface area contributed by atoms with Crippen LogP contribution in [0.4, 0.5) is 0 Å². The second-order valence-electron chi connectivity index (χ2n) is 6.34. The Hall–Kier alpha value is -1.06. The molecule has 3 heteroatoms. The fourth-order valence-electron chi connectivity index (χ4n) is 2.99. The van der Waals surface area contributed by atoms with Crippen LogP contribution in [0.1, 0.15) is 32.8 Å². The summed E-state index contributed by atoms with van der Waals surface area (Å²) >= 11 is 0. The van der Waals surface area contributed by atoms with E-state index < -0.39 is 0 Å². The van der Waals surface area contributed by atoms with E-state index in [-0.39, 0.29) is 0 Å². The van der Waals surface area contributed by atoms with E-state index in [1.807, 2.05) is 0 Å². The minimum absolute atomic E-state index is 0.628. The van der Waals surface area contributed by atoms with Gasteiger partial charge in [-0.05, 0) is 37.0 Å². The monoisotopic (exact) mass is 290 g/mol. The standard InChI is InChI=1S/C18H30N2O/c1-5-14(2)18-13-20(15(3)12-19-18)11-10-16-6-8-17(21-4)9-7-16/h6-9,14-15,18-19H,5,10-13H2,1-4H3. The van der Waals surface area contributed by atoms with Crippen LogP contribution in [-0.4, -0.2) is 43.7 Å². The number of methoxy groups -OCH3 is 1. The van der Waals surface area contributed by atoms with E-state index in [1.54, 1.807) is 7.11 Å². The minimum Gasteiger partial charge on any atom is -0.497 e. The van der Waals surface area contributed by atoms with E-state index in [4.69, 9.17) is 4.74 Å². The molecule has 1 aliphatic heterocycles. The third-order valence-electron chi connectivity index (χ3n) is 4.91. The van der Waals surface area contributed by atoms with Crippen LogP contribution in [0.25, 0.3) is 0 Å². The maximum absolute atomic E-state index is 5.21. The number of piperazine rings is 1. The van der Waals surface area contributed by atoms with Gasteiger partial charge in [-0.1, -0.05) is 32.4 Å². The zero-order valence-electron chi connectivity index (χ0n) is 13.9. The maximum Gasteiger partial charge on any atom is 0.118 e. The molecule has 118 valence electrons. The van der Waals surface area contributed by atoms with Crippen molar-refractivity contribution in [2.45, 2.75) is 45.7 Å². The van der Waals surface area contributed by atoms with Crippen molar-refractivity contribution >= 4 is 0 Å². The first kappa shape index (κ1) is 16.3. The lowest BCUT2D eigenvalue weighted by molar-refractivity contribution is 0.120. The van der Waals surface area contributed by atoms with Crippen molar-refractivity contribution in [3.8, 4) is 5.75 Å². The molecule has 2 rings (SSSR count). The van der Waals surface area contributed by atoms with E-state index in [2.05, 4.69) is 55.3 Å². The lowest BCUT2D eigenvalue weighted by Gasteiger charge is -2.41. The van der Waals surface area contributed by atoms with Gasteiger partial charge in [0, 0.05) is 31.7 Å². The van der Waals surface area contributed by atoms with Crippen LogP contribution < -0.4 is 10.1 Å². The Morgan fingerprint density at radius 1 is 1.33 bits per heavy atom. The van der Waals surface area contributed by atoms with Crippen molar-refractivity contribution in [3.63, 3.8) is 0 Å². The summed E-state index contributed by atoms with van der Waals surface area (Å²) in [6, 6.07) is 9.73. The van der Waals surface area contributed by atoms with E-state index in [9.17, 15) is 0 Å². The lowest BCUT2D eigenvalue weighted by Crippen LogP contribution is -2.57. The molecule has 0 saturated carbocycles. The first-order valence-electron chi connectivity index (χ1n) is 8.24. The van der Waals surface area contributed by atoms with Crippen molar-refractivity contribution in [1.82, 2.24) is 10.2 Å². The third kappa shape index (κ3) is 4.45. The highest BCUT2D eigenvalue weighted by Gasteiger charge is 2.27. The van der Waals surface area contributed by atoms with Crippen LogP contribution in [0.5, 0.6) is 5.75 Å². The fraction of sp³-hybridized carbons (Fsp3) is 0.667. The number of ether oxygens (including phenoxy) is 1. The van der Waals surface area contributed by atoms with Crippen LogP contribution >= 0.6 is 0 Å². The summed E-state index contributed by atoms with van der Waals surface area (Å²) in [7, 11) is 1.71. The number of nitrogens with one attached hydrogen (secondary N) is 1. The molecule has 3 atom stereocenters. The van der Waals surface area contributed by atoms with Gasteiger partial charge < -0.3 is 10.1 Å². The largest absolute Gasteiger partial charge is 0.497 e. The van der Waals surface area contributed by atoms with Gasteiger partial charge >= 0.3 is 0 Å². The first-order chi connectivity index (χ1) is 10.1. The molecule has 1 aromatic rings. The molecule has 1 heterocycles. The van der Waals surface area contributed by atoms with Crippen molar-refractivity contribution < 1.29 is 4.74 Å². The SMILES string of the molecule is CCC(C)C1CN(CCc2ccc(OC)cc2)C(C)CN1. The Labute approximate surface area is 129 Å². The Bertz CT molecular complexity index is 418. The van der Waals surface area contributed by atoms with Crippen LogP contribution in [0.3, 0.4) is 0 Å². The van der Waals surface area contributed by atoms with Gasteiger partial charge in [-0.15, -0.1) is 0 Å². The average molecular weight is 290 g/mol. The Kier molecular flexibility index (Phi) is 6.07. The molecule has 21 heavy (non-hydrogen) atoms. The molecule has 0 amide bonds. The van der Waals surface area contributed by atoms with Crippen LogP contribution in [0, 0.1) is 5.92 Å². The van der Waals surface area contributed by atoms with Gasteiger partial charge in [-0.2, -0.15) is 0 Å². The van der Waals surface area contributed by atoms with Gasteiger partial charge in [0.05, 0.1) is 7.11 Å². The smallest absolute Gasteiger partial charge is 0.118 e. The Morgan fingerprint density at radius 3 is 2.67 bits per heavy atom. The molecular weight excluding hydrogens is 260 g/mol. The molecule has 3 nitrogen and oxygen atoms in total. The summed E-state index contributed by atoms with van der Waals surface area (Å²) in [5, 5.41) is 3.70. The summed E-state index contributed by atoms with van der Waals surface area (Å²) in [6.45, 7) is 10.4. The number of nitrogens with zero attached hydrogens (tertiary/aromatic N) is 1. The molecule has 3 unspecified atom stereocenters.